The Kier molecular flexibility index (Phi) is 10.8. The molecule has 0 aromatic heterocycles. The largest absolute Gasteiger partial charge is 0.481 e. The van der Waals surface area contributed by atoms with Crippen molar-refractivity contribution in [2.24, 2.45) is 11.5 Å². The Hall–Kier alpha value is -3.26. The molecule has 3 atom stereocenters. The van der Waals surface area contributed by atoms with Crippen molar-refractivity contribution >= 4 is 35.6 Å². The molecule has 0 aromatic rings. The fourth-order valence-corrected chi connectivity index (χ4v) is 1.84. The number of nitrogens with one attached hydrogen (secondary N) is 3. The summed E-state index contributed by atoms with van der Waals surface area (Å²) in [4.78, 5) is 67.9. The highest BCUT2D eigenvalue weighted by Gasteiger charge is 2.29. The molecule has 14 nitrogen and oxygen atoms in total. The third-order valence-corrected chi connectivity index (χ3v) is 3.28. The van der Waals surface area contributed by atoms with Gasteiger partial charge in [-0.05, 0) is 6.42 Å². The zero-order valence-electron chi connectivity index (χ0n) is 14.7. The zero-order valence-corrected chi connectivity index (χ0v) is 14.7. The number of aliphatic hydroxyl groups is 1. The Bertz CT molecular complexity index is 624. The number of nitrogens with two attached hydrogens (primary N) is 2. The molecule has 0 aliphatic carbocycles. The predicted octanol–water partition coefficient (Wildman–Crippen LogP) is -4.78. The molecule has 0 rings (SSSR count). The van der Waals surface area contributed by atoms with E-state index in [1.54, 1.807) is 0 Å². The van der Waals surface area contributed by atoms with Crippen LogP contribution in [0.1, 0.15) is 19.3 Å². The van der Waals surface area contributed by atoms with Gasteiger partial charge >= 0.3 is 11.9 Å². The number of primary amides is 1. The number of carboxylic acids is 2. The highest BCUT2D eigenvalue weighted by atomic mass is 16.4. The van der Waals surface area contributed by atoms with Crippen LogP contribution in [0.4, 0.5) is 0 Å². The standard InChI is InChI=1S/C14H23N5O9/c15-6(1-2-9(16)21)12(26)19-8(5-20)14(28)18-7(3-10(22)23)13(27)17-4-11(24)25/h6-8,20H,1-5,15H2,(H2,16,21)(H,17,27)(H,18,28)(H,19,26)(H,22,23)(H,24,25). The van der Waals surface area contributed by atoms with E-state index in [9.17, 15) is 33.9 Å². The van der Waals surface area contributed by atoms with Crippen molar-refractivity contribution in [2.75, 3.05) is 13.2 Å². The molecule has 0 aliphatic rings. The fourth-order valence-electron chi connectivity index (χ4n) is 1.84. The van der Waals surface area contributed by atoms with E-state index in [0.29, 0.717) is 0 Å². The van der Waals surface area contributed by atoms with Gasteiger partial charge in [0.25, 0.3) is 0 Å². The second-order valence-electron chi connectivity index (χ2n) is 5.63. The van der Waals surface area contributed by atoms with Gasteiger partial charge in [0, 0.05) is 6.42 Å². The van der Waals surface area contributed by atoms with E-state index in [-0.39, 0.29) is 12.8 Å². The molecule has 0 bridgehead atoms. The second kappa shape index (κ2) is 12.2. The third-order valence-electron chi connectivity index (χ3n) is 3.28. The summed E-state index contributed by atoms with van der Waals surface area (Å²) in [7, 11) is 0. The lowest BCUT2D eigenvalue weighted by Gasteiger charge is -2.22. The minimum atomic E-state index is -1.65. The van der Waals surface area contributed by atoms with E-state index in [1.807, 2.05) is 10.6 Å². The fraction of sp³-hybridized carbons (Fsp3) is 0.571. The van der Waals surface area contributed by atoms with Gasteiger partial charge in [0.2, 0.25) is 23.6 Å². The molecule has 3 unspecified atom stereocenters. The molecule has 0 aliphatic heterocycles. The van der Waals surface area contributed by atoms with Crippen LogP contribution in [0.2, 0.25) is 0 Å². The number of hydrogen-bond acceptors (Lipinski definition) is 8. The summed E-state index contributed by atoms with van der Waals surface area (Å²) >= 11 is 0. The van der Waals surface area contributed by atoms with Gasteiger partial charge in [-0.3, -0.25) is 28.8 Å². The van der Waals surface area contributed by atoms with Gasteiger partial charge in [-0.1, -0.05) is 0 Å². The van der Waals surface area contributed by atoms with E-state index < -0.39 is 73.3 Å². The minimum absolute atomic E-state index is 0.111. The average molecular weight is 405 g/mol. The number of rotatable bonds is 13. The number of aliphatic hydroxyl groups excluding tert-OH is 1. The lowest BCUT2D eigenvalue weighted by atomic mass is 10.1. The first kappa shape index (κ1) is 24.7. The summed E-state index contributed by atoms with van der Waals surface area (Å²) < 4.78 is 0. The van der Waals surface area contributed by atoms with Crippen LogP contribution < -0.4 is 27.4 Å². The number of carboxylic acid groups (broad SMARTS) is 2. The normalized spacial score (nSPS) is 13.5. The number of carbonyl (C=O) groups excluding carboxylic acids is 4. The van der Waals surface area contributed by atoms with Gasteiger partial charge in [-0.25, -0.2) is 0 Å². The van der Waals surface area contributed by atoms with E-state index in [1.165, 1.54) is 0 Å². The van der Waals surface area contributed by atoms with Crippen LogP contribution in [0.3, 0.4) is 0 Å². The number of carbonyl (C=O) groups is 6. The van der Waals surface area contributed by atoms with E-state index in [2.05, 4.69) is 5.32 Å². The molecule has 0 fully saturated rings. The van der Waals surface area contributed by atoms with Gasteiger partial charge in [0.15, 0.2) is 0 Å². The highest BCUT2D eigenvalue weighted by Crippen LogP contribution is 1.98. The van der Waals surface area contributed by atoms with Crippen LogP contribution in [0.25, 0.3) is 0 Å². The molecule has 158 valence electrons. The Morgan fingerprint density at radius 2 is 1.43 bits per heavy atom. The second-order valence-corrected chi connectivity index (χ2v) is 5.63. The van der Waals surface area contributed by atoms with Crippen molar-refractivity contribution in [2.45, 2.75) is 37.4 Å². The Morgan fingerprint density at radius 1 is 0.857 bits per heavy atom. The summed E-state index contributed by atoms with van der Waals surface area (Å²) in [6.07, 6.45) is -1.17. The molecule has 10 N–H and O–H groups in total. The minimum Gasteiger partial charge on any atom is -0.481 e. The maximum Gasteiger partial charge on any atom is 0.322 e. The molecule has 0 heterocycles. The molecule has 0 saturated heterocycles. The molecule has 0 aromatic carbocycles. The van der Waals surface area contributed by atoms with Gasteiger partial charge in [0.05, 0.1) is 19.1 Å². The quantitative estimate of drug-likeness (QED) is 0.145. The van der Waals surface area contributed by atoms with E-state index in [0.717, 1.165) is 0 Å². The monoisotopic (exact) mass is 405 g/mol. The molecule has 0 radical (unpaired) electrons. The van der Waals surface area contributed by atoms with E-state index in [4.69, 9.17) is 21.7 Å². The van der Waals surface area contributed by atoms with Crippen molar-refractivity contribution in [3.05, 3.63) is 0 Å². The topological polar surface area (TPSA) is 251 Å². The van der Waals surface area contributed by atoms with Crippen LogP contribution in [0.5, 0.6) is 0 Å². The van der Waals surface area contributed by atoms with Crippen LogP contribution in [-0.2, 0) is 28.8 Å². The molecule has 0 saturated carbocycles. The molecular weight excluding hydrogens is 382 g/mol. The maximum atomic E-state index is 12.1. The summed E-state index contributed by atoms with van der Waals surface area (Å²) in [6, 6.07) is -4.43. The first-order valence-electron chi connectivity index (χ1n) is 7.94. The number of hydrogen-bond donors (Lipinski definition) is 8. The average Bonchev–Trinajstić information content (AvgIpc) is 2.60. The maximum absolute atomic E-state index is 12.1. The Morgan fingerprint density at radius 3 is 1.89 bits per heavy atom. The van der Waals surface area contributed by atoms with Crippen molar-refractivity contribution < 1.29 is 44.1 Å². The molecule has 4 amide bonds. The first-order valence-corrected chi connectivity index (χ1v) is 7.94. The van der Waals surface area contributed by atoms with Crippen LogP contribution in [-0.4, -0.2) is 82.2 Å². The van der Waals surface area contributed by atoms with Gasteiger partial charge in [-0.15, -0.1) is 0 Å². The van der Waals surface area contributed by atoms with Crippen molar-refractivity contribution in [1.29, 1.82) is 0 Å². The van der Waals surface area contributed by atoms with E-state index >= 15 is 0 Å². The van der Waals surface area contributed by atoms with Crippen molar-refractivity contribution in [3.8, 4) is 0 Å². The van der Waals surface area contributed by atoms with Crippen molar-refractivity contribution in [1.82, 2.24) is 16.0 Å². The molecule has 0 spiro atoms. The highest BCUT2D eigenvalue weighted by molar-refractivity contribution is 5.95. The van der Waals surface area contributed by atoms with Crippen LogP contribution in [0.15, 0.2) is 0 Å². The first-order chi connectivity index (χ1) is 13.0. The molecular formula is C14H23N5O9. The van der Waals surface area contributed by atoms with Gasteiger partial charge in [-0.2, -0.15) is 0 Å². The van der Waals surface area contributed by atoms with Crippen molar-refractivity contribution in [3.63, 3.8) is 0 Å². The summed E-state index contributed by atoms with van der Waals surface area (Å²) in [5.74, 6) is -6.62. The summed E-state index contributed by atoms with van der Waals surface area (Å²) in [6.45, 7) is -1.71. The number of aliphatic carboxylic acids is 2. The Labute approximate surface area is 158 Å². The predicted molar refractivity (Wildman–Crippen MR) is 90.2 cm³/mol. The summed E-state index contributed by atoms with van der Waals surface area (Å²) in [5.41, 5.74) is 10.5. The third kappa shape index (κ3) is 10.0. The molecule has 14 heteroatoms. The zero-order chi connectivity index (χ0) is 21.9. The lowest BCUT2D eigenvalue weighted by Crippen LogP contribution is -2.57. The SMILES string of the molecule is NC(=O)CCC(N)C(=O)NC(CO)C(=O)NC(CC(=O)O)C(=O)NCC(=O)O. The Balaban J connectivity index is 4.96. The van der Waals surface area contributed by atoms with Gasteiger partial charge < -0.3 is 42.7 Å². The smallest absolute Gasteiger partial charge is 0.322 e. The lowest BCUT2D eigenvalue weighted by molar-refractivity contribution is -0.142. The van der Waals surface area contributed by atoms with Crippen LogP contribution >= 0.6 is 0 Å². The van der Waals surface area contributed by atoms with Gasteiger partial charge in [0.1, 0.15) is 18.6 Å². The number of amides is 4. The summed E-state index contributed by atoms with van der Waals surface area (Å²) in [5, 5.41) is 32.6. The molecule has 28 heavy (non-hydrogen) atoms. The van der Waals surface area contributed by atoms with Crippen LogP contribution in [0, 0.1) is 0 Å².